The minimum atomic E-state index is -0.113. The van der Waals surface area contributed by atoms with E-state index < -0.39 is 0 Å². The third-order valence-corrected chi connectivity index (χ3v) is 3.52. The van der Waals surface area contributed by atoms with Crippen LogP contribution in [0.2, 0.25) is 0 Å². The molecule has 22 heavy (non-hydrogen) atoms. The Bertz CT molecular complexity index is 661. The van der Waals surface area contributed by atoms with Crippen LogP contribution in [0, 0.1) is 13.8 Å². The maximum absolute atomic E-state index is 12.0. The molecule has 0 atom stereocenters. The predicted octanol–water partition coefficient (Wildman–Crippen LogP) is 5.08. The zero-order valence-electron chi connectivity index (χ0n) is 13.7. The fourth-order valence-corrected chi connectivity index (χ4v) is 2.39. The molecular weight excluding hydrogens is 270 g/mol. The molecule has 1 N–H and O–H groups in total. The Morgan fingerprint density at radius 3 is 2.14 bits per heavy atom. The lowest BCUT2D eigenvalue weighted by Gasteiger charge is -2.06. The highest BCUT2D eigenvalue weighted by atomic mass is 16.1. The molecule has 0 aliphatic heterocycles. The first kappa shape index (κ1) is 16.0. The molecule has 0 saturated heterocycles. The minimum absolute atomic E-state index is 0.113. The van der Waals surface area contributed by atoms with Crippen molar-refractivity contribution in [2.45, 2.75) is 33.6 Å². The monoisotopic (exact) mass is 293 g/mol. The number of anilines is 1. The summed E-state index contributed by atoms with van der Waals surface area (Å²) in [5, 5.41) is 2.90. The summed E-state index contributed by atoms with van der Waals surface area (Å²) < 4.78 is 0. The molecule has 0 saturated carbocycles. The van der Waals surface area contributed by atoms with Crippen LogP contribution in [0.3, 0.4) is 0 Å². The van der Waals surface area contributed by atoms with Gasteiger partial charge >= 0.3 is 0 Å². The first-order valence-electron chi connectivity index (χ1n) is 7.61. The molecule has 2 rings (SSSR count). The Hall–Kier alpha value is -2.35. The molecular formula is C20H23NO. The molecule has 2 nitrogen and oxygen atoms in total. The number of carbonyl (C=O) groups excluding carboxylic acids is 1. The zero-order chi connectivity index (χ0) is 16.1. The summed E-state index contributed by atoms with van der Waals surface area (Å²) >= 11 is 0. The van der Waals surface area contributed by atoms with E-state index in [-0.39, 0.29) is 5.91 Å². The first-order valence-corrected chi connectivity index (χ1v) is 7.61. The van der Waals surface area contributed by atoms with Gasteiger partial charge in [-0.1, -0.05) is 44.2 Å². The molecule has 0 bridgehead atoms. The normalized spacial score (nSPS) is 11.1. The van der Waals surface area contributed by atoms with E-state index in [9.17, 15) is 4.79 Å². The predicted molar refractivity (Wildman–Crippen MR) is 94.1 cm³/mol. The summed E-state index contributed by atoms with van der Waals surface area (Å²) in [5.74, 6) is 0.406. The Morgan fingerprint density at radius 1 is 1.00 bits per heavy atom. The highest BCUT2D eigenvalue weighted by Crippen LogP contribution is 2.16. The quantitative estimate of drug-likeness (QED) is 0.783. The third kappa shape index (κ3) is 4.59. The lowest BCUT2D eigenvalue weighted by atomic mass is 10.0. The van der Waals surface area contributed by atoms with Crippen molar-refractivity contribution in [3.05, 3.63) is 70.8 Å². The van der Waals surface area contributed by atoms with E-state index in [1.165, 1.54) is 5.56 Å². The number of benzene rings is 2. The van der Waals surface area contributed by atoms with Crippen LogP contribution in [0.5, 0.6) is 0 Å². The molecule has 0 aromatic heterocycles. The van der Waals surface area contributed by atoms with E-state index in [2.05, 4.69) is 37.4 Å². The van der Waals surface area contributed by atoms with E-state index >= 15 is 0 Å². The number of hydrogen-bond acceptors (Lipinski definition) is 1. The second-order valence-corrected chi connectivity index (χ2v) is 6.02. The van der Waals surface area contributed by atoms with Gasteiger partial charge in [0.25, 0.3) is 0 Å². The summed E-state index contributed by atoms with van der Waals surface area (Å²) in [7, 11) is 0. The van der Waals surface area contributed by atoms with E-state index in [0.717, 1.165) is 22.4 Å². The number of aryl methyl sites for hydroxylation is 2. The Labute approximate surface area is 132 Å². The first-order chi connectivity index (χ1) is 10.4. The van der Waals surface area contributed by atoms with Gasteiger partial charge in [-0.2, -0.15) is 0 Å². The topological polar surface area (TPSA) is 29.1 Å². The number of amides is 1. The summed E-state index contributed by atoms with van der Waals surface area (Å²) in [5.41, 5.74) is 5.45. The maximum Gasteiger partial charge on any atom is 0.248 e. The minimum Gasteiger partial charge on any atom is -0.322 e. The highest BCUT2D eigenvalue weighted by molar-refractivity contribution is 6.02. The molecule has 2 aromatic rings. The van der Waals surface area contributed by atoms with E-state index in [1.54, 1.807) is 6.08 Å². The molecule has 0 unspecified atom stereocenters. The van der Waals surface area contributed by atoms with Crippen molar-refractivity contribution in [1.82, 2.24) is 0 Å². The van der Waals surface area contributed by atoms with Gasteiger partial charge in [0, 0.05) is 11.8 Å². The molecule has 2 aromatic carbocycles. The van der Waals surface area contributed by atoms with Crippen molar-refractivity contribution < 1.29 is 4.79 Å². The smallest absolute Gasteiger partial charge is 0.248 e. The van der Waals surface area contributed by atoms with Gasteiger partial charge in [0.1, 0.15) is 0 Å². The van der Waals surface area contributed by atoms with Gasteiger partial charge in [-0.15, -0.1) is 0 Å². The third-order valence-electron chi connectivity index (χ3n) is 3.52. The summed E-state index contributed by atoms with van der Waals surface area (Å²) in [6.07, 6.45) is 3.41. The van der Waals surface area contributed by atoms with Gasteiger partial charge in [0.05, 0.1) is 0 Å². The second-order valence-electron chi connectivity index (χ2n) is 6.02. The van der Waals surface area contributed by atoms with E-state index in [4.69, 9.17) is 0 Å². The average Bonchev–Trinajstić information content (AvgIpc) is 2.44. The van der Waals surface area contributed by atoms with Gasteiger partial charge in [-0.25, -0.2) is 0 Å². The molecule has 2 heteroatoms. The van der Waals surface area contributed by atoms with Crippen LogP contribution in [-0.2, 0) is 4.79 Å². The molecule has 0 fully saturated rings. The van der Waals surface area contributed by atoms with Crippen molar-refractivity contribution in [2.75, 3.05) is 5.32 Å². The van der Waals surface area contributed by atoms with Crippen molar-refractivity contribution in [3.63, 3.8) is 0 Å². The van der Waals surface area contributed by atoms with E-state index in [0.29, 0.717) is 5.92 Å². The van der Waals surface area contributed by atoms with Crippen LogP contribution in [0.25, 0.3) is 6.08 Å². The van der Waals surface area contributed by atoms with Crippen molar-refractivity contribution >= 4 is 17.7 Å². The largest absolute Gasteiger partial charge is 0.322 e. The van der Waals surface area contributed by atoms with Gasteiger partial charge < -0.3 is 5.32 Å². The molecule has 0 spiro atoms. The standard InChI is InChI=1S/C20H23NO/c1-14(2)18-8-5-17(6-9-18)7-10-20(22)21-19-12-15(3)11-16(4)13-19/h5-14H,1-4H3,(H,21,22). The number of rotatable bonds is 4. The zero-order valence-corrected chi connectivity index (χ0v) is 13.7. The molecule has 114 valence electrons. The summed E-state index contributed by atoms with van der Waals surface area (Å²) in [4.78, 5) is 12.0. The Balaban J connectivity index is 2.01. The van der Waals surface area contributed by atoms with Crippen LogP contribution in [0.15, 0.2) is 48.5 Å². The maximum atomic E-state index is 12.0. The number of hydrogen-bond donors (Lipinski definition) is 1. The summed E-state index contributed by atoms with van der Waals surface area (Å²) in [6.45, 7) is 8.38. The average molecular weight is 293 g/mol. The number of carbonyl (C=O) groups is 1. The summed E-state index contributed by atoms with van der Waals surface area (Å²) in [6, 6.07) is 14.3. The van der Waals surface area contributed by atoms with Gasteiger partial charge in [0.2, 0.25) is 5.91 Å². The van der Waals surface area contributed by atoms with Crippen molar-refractivity contribution in [1.29, 1.82) is 0 Å². The van der Waals surface area contributed by atoms with Gasteiger partial charge in [-0.3, -0.25) is 4.79 Å². The SMILES string of the molecule is Cc1cc(C)cc(NC(=O)C=Cc2ccc(C(C)C)cc2)c1. The highest BCUT2D eigenvalue weighted by Gasteiger charge is 2.00. The lowest BCUT2D eigenvalue weighted by Crippen LogP contribution is -2.08. The van der Waals surface area contributed by atoms with Crippen LogP contribution in [0.4, 0.5) is 5.69 Å². The molecule has 0 aliphatic carbocycles. The van der Waals surface area contributed by atoms with Crippen LogP contribution in [0.1, 0.15) is 42.0 Å². The fraction of sp³-hybridized carbons (Fsp3) is 0.250. The molecule has 0 heterocycles. The van der Waals surface area contributed by atoms with Crippen molar-refractivity contribution in [3.8, 4) is 0 Å². The van der Waals surface area contributed by atoms with E-state index in [1.807, 2.05) is 44.2 Å². The molecule has 1 amide bonds. The van der Waals surface area contributed by atoms with Crippen LogP contribution < -0.4 is 5.32 Å². The van der Waals surface area contributed by atoms with Gasteiger partial charge in [-0.05, 0) is 60.2 Å². The number of nitrogens with one attached hydrogen (secondary N) is 1. The fourth-order valence-electron chi connectivity index (χ4n) is 2.39. The van der Waals surface area contributed by atoms with Crippen LogP contribution in [-0.4, -0.2) is 5.91 Å². The molecule has 0 radical (unpaired) electrons. The van der Waals surface area contributed by atoms with Crippen LogP contribution >= 0.6 is 0 Å². The Morgan fingerprint density at radius 2 is 1.59 bits per heavy atom. The lowest BCUT2D eigenvalue weighted by molar-refractivity contribution is -0.111. The van der Waals surface area contributed by atoms with Crippen molar-refractivity contribution in [2.24, 2.45) is 0 Å². The molecule has 0 aliphatic rings. The second kappa shape index (κ2) is 7.08. The van der Waals surface area contributed by atoms with Gasteiger partial charge in [0.15, 0.2) is 0 Å². The Kier molecular flexibility index (Phi) is 5.16.